The maximum absolute atomic E-state index is 13.8. The van der Waals surface area contributed by atoms with Crippen LogP contribution in [0.4, 0.5) is 10.1 Å². The van der Waals surface area contributed by atoms with Crippen molar-refractivity contribution in [1.29, 1.82) is 0 Å². The number of amides is 2. The van der Waals surface area contributed by atoms with Gasteiger partial charge in [-0.3, -0.25) is 24.4 Å². The number of aliphatic imine (C=N–C) groups is 1. The van der Waals surface area contributed by atoms with E-state index in [2.05, 4.69) is 15.6 Å². The van der Waals surface area contributed by atoms with Gasteiger partial charge in [0.15, 0.2) is 16.7 Å². The summed E-state index contributed by atoms with van der Waals surface area (Å²) in [4.78, 5) is 57.1. The van der Waals surface area contributed by atoms with E-state index in [0.29, 0.717) is 0 Å². The van der Waals surface area contributed by atoms with Crippen LogP contribution in [0.15, 0.2) is 57.0 Å². The summed E-state index contributed by atoms with van der Waals surface area (Å²) in [5.74, 6) is -3.61. The van der Waals surface area contributed by atoms with Crippen LogP contribution >= 0.6 is 11.8 Å². The molecule has 0 spiro atoms. The van der Waals surface area contributed by atoms with E-state index in [1.807, 2.05) is 9.97 Å². The molecule has 2 atom stereocenters. The highest BCUT2D eigenvalue weighted by Gasteiger charge is 2.34. The Labute approximate surface area is 204 Å². The number of carbonyl (C=O) groups is 2. The number of anilines is 1. The van der Waals surface area contributed by atoms with Gasteiger partial charge in [-0.15, -0.1) is 0 Å². The molecule has 0 radical (unpaired) electrons. The molecule has 2 aromatic carbocycles. The average Bonchev–Trinajstić information content (AvgIpc) is 3.14. The molecule has 1 aliphatic rings. The number of phenols is 2. The summed E-state index contributed by atoms with van der Waals surface area (Å²) in [5.41, 5.74) is -2.26. The van der Waals surface area contributed by atoms with Crippen LogP contribution in [0.25, 0.3) is 0 Å². The van der Waals surface area contributed by atoms with Gasteiger partial charge in [0.2, 0.25) is 17.7 Å². The van der Waals surface area contributed by atoms with Crippen LogP contribution in [0.5, 0.6) is 17.4 Å². The number of H-pyrrole nitrogens is 2. The first-order valence-electron chi connectivity index (χ1n) is 10.3. The van der Waals surface area contributed by atoms with Gasteiger partial charge < -0.3 is 26.0 Å². The number of aromatic hydroxyl groups is 3. The summed E-state index contributed by atoms with van der Waals surface area (Å²) < 4.78 is 13.8. The summed E-state index contributed by atoms with van der Waals surface area (Å²) in [6, 6.07) is 7.74. The fraction of sp³-hybridized carbons (Fsp3) is 0.136. The quantitative estimate of drug-likeness (QED) is 0.236. The molecule has 12 nitrogen and oxygen atoms in total. The van der Waals surface area contributed by atoms with E-state index in [4.69, 9.17) is 0 Å². The number of hydrogen-bond acceptors (Lipinski definition) is 9. The molecule has 4 rings (SSSR count). The second-order valence-electron chi connectivity index (χ2n) is 7.58. The number of amidine groups is 1. The highest BCUT2D eigenvalue weighted by Crippen LogP contribution is 2.35. The number of nitrogens with one attached hydrogen (secondary N) is 4. The molecule has 1 saturated heterocycles. The summed E-state index contributed by atoms with van der Waals surface area (Å²) in [7, 11) is 0. The number of phenolic OH excluding ortho intramolecular Hbond substituents is 2. The lowest BCUT2D eigenvalue weighted by Gasteiger charge is -2.15. The van der Waals surface area contributed by atoms with Crippen LogP contribution in [0.1, 0.15) is 23.6 Å². The number of nitrogens with zero attached hydrogens (tertiary/aromatic N) is 1. The monoisotopic (exact) mass is 515 g/mol. The Bertz CT molecular complexity index is 1500. The minimum Gasteiger partial charge on any atom is -0.504 e. The Kier molecular flexibility index (Phi) is 6.78. The number of benzene rings is 2. The minimum atomic E-state index is -1.34. The Morgan fingerprint density at radius 1 is 1.08 bits per heavy atom. The molecule has 0 saturated carbocycles. The molecule has 1 aliphatic heterocycles. The Morgan fingerprint density at radius 3 is 2.53 bits per heavy atom. The number of hydrogen-bond donors (Lipinski definition) is 7. The van der Waals surface area contributed by atoms with Gasteiger partial charge in [-0.2, -0.15) is 0 Å². The largest absolute Gasteiger partial charge is 0.504 e. The van der Waals surface area contributed by atoms with Gasteiger partial charge in [-0.05, 0) is 29.8 Å². The third-order valence-electron chi connectivity index (χ3n) is 5.09. The summed E-state index contributed by atoms with van der Waals surface area (Å²) in [6.07, 6.45) is -0.320. The maximum Gasteiger partial charge on any atom is 0.328 e. The first-order chi connectivity index (χ1) is 17.1. The maximum atomic E-state index is 13.8. The van der Waals surface area contributed by atoms with Crippen molar-refractivity contribution in [2.24, 2.45) is 4.99 Å². The van der Waals surface area contributed by atoms with Gasteiger partial charge >= 0.3 is 5.69 Å². The van der Waals surface area contributed by atoms with E-state index in [9.17, 15) is 38.9 Å². The van der Waals surface area contributed by atoms with Crippen LogP contribution in [-0.4, -0.2) is 47.5 Å². The van der Waals surface area contributed by atoms with Gasteiger partial charge in [0, 0.05) is 6.42 Å². The average molecular weight is 515 g/mol. The van der Waals surface area contributed by atoms with Crippen LogP contribution in [-0.2, 0) is 9.59 Å². The lowest BCUT2D eigenvalue weighted by molar-refractivity contribution is -0.122. The SMILES string of the molecule is O=C(C[C@@H]1SC(=N[C@@H](c2ccc(O)c(O)c2)c2c(O)[nH]c(=O)[nH]c2=O)NC1=O)Nc1ccccc1F. The van der Waals surface area contributed by atoms with Crippen LogP contribution in [0.3, 0.4) is 0 Å². The zero-order valence-corrected chi connectivity index (χ0v) is 18.9. The predicted octanol–water partition coefficient (Wildman–Crippen LogP) is 1.02. The molecule has 2 heterocycles. The lowest BCUT2D eigenvalue weighted by atomic mass is 10.0. The number of para-hydroxylation sites is 1. The second kappa shape index (κ2) is 9.95. The van der Waals surface area contributed by atoms with Gasteiger partial charge in [0.05, 0.1) is 5.69 Å². The van der Waals surface area contributed by atoms with Crippen molar-refractivity contribution in [3.63, 3.8) is 0 Å². The smallest absolute Gasteiger partial charge is 0.328 e. The molecule has 0 unspecified atom stereocenters. The van der Waals surface area contributed by atoms with Crippen molar-refractivity contribution in [3.05, 3.63) is 80.2 Å². The normalized spacial score (nSPS) is 17.1. The fourth-order valence-corrected chi connectivity index (χ4v) is 4.40. The van der Waals surface area contributed by atoms with E-state index in [-0.39, 0.29) is 22.8 Å². The molecule has 0 aliphatic carbocycles. The molecule has 36 heavy (non-hydrogen) atoms. The van der Waals surface area contributed by atoms with E-state index in [1.165, 1.54) is 30.3 Å². The van der Waals surface area contributed by atoms with Gasteiger partial charge in [-0.25, -0.2) is 14.2 Å². The summed E-state index contributed by atoms with van der Waals surface area (Å²) >= 11 is 0.859. The number of carbonyl (C=O) groups excluding carboxylic acids is 2. The first-order valence-corrected chi connectivity index (χ1v) is 11.2. The highest BCUT2D eigenvalue weighted by atomic mass is 32.2. The number of aromatic amines is 2. The molecule has 2 amide bonds. The van der Waals surface area contributed by atoms with Crippen molar-refractivity contribution in [2.75, 3.05) is 5.32 Å². The first kappa shape index (κ1) is 24.5. The molecule has 0 bridgehead atoms. The Balaban J connectivity index is 1.62. The second-order valence-corrected chi connectivity index (χ2v) is 8.77. The molecule has 1 aromatic heterocycles. The number of aromatic nitrogens is 2. The fourth-order valence-electron chi connectivity index (χ4n) is 3.40. The Hall–Kier alpha value is -4.59. The molecular weight excluding hydrogens is 497 g/mol. The molecule has 1 fully saturated rings. The number of rotatable bonds is 6. The zero-order valence-electron chi connectivity index (χ0n) is 18.1. The standard InChI is InChI=1S/C22H18FN5O7S/c23-10-3-1-2-4-11(10)24-15(31)8-14-18(32)28-22(36-14)25-17(9-5-6-12(29)13(30)7-9)16-19(33)26-21(35)27-20(16)34/h1-7,14,17,29-30H,8H2,(H,24,31)(H,25,28,32)(H3,26,27,33,34,35)/t14-,17-/m0/s1. The van der Waals surface area contributed by atoms with Crippen molar-refractivity contribution in [2.45, 2.75) is 17.7 Å². The zero-order chi connectivity index (χ0) is 26.0. The van der Waals surface area contributed by atoms with Gasteiger partial charge in [-0.1, -0.05) is 30.0 Å². The third kappa shape index (κ3) is 5.22. The predicted molar refractivity (Wildman–Crippen MR) is 128 cm³/mol. The Morgan fingerprint density at radius 2 is 1.83 bits per heavy atom. The number of thioether (sulfide) groups is 1. The minimum absolute atomic E-state index is 0.0220. The van der Waals surface area contributed by atoms with Crippen molar-refractivity contribution >= 4 is 34.4 Å². The van der Waals surface area contributed by atoms with Gasteiger partial charge in [0.25, 0.3) is 5.56 Å². The molecule has 14 heteroatoms. The third-order valence-corrected chi connectivity index (χ3v) is 6.18. The summed E-state index contributed by atoms with van der Waals surface area (Å²) in [5, 5.41) is 33.7. The van der Waals surface area contributed by atoms with Crippen molar-refractivity contribution in [1.82, 2.24) is 15.3 Å². The van der Waals surface area contributed by atoms with Crippen LogP contribution < -0.4 is 21.9 Å². The molecular formula is C22H18FN5O7S. The van der Waals surface area contributed by atoms with Crippen LogP contribution in [0.2, 0.25) is 0 Å². The van der Waals surface area contributed by atoms with Crippen molar-refractivity contribution < 1.29 is 29.3 Å². The lowest BCUT2D eigenvalue weighted by Crippen LogP contribution is -2.29. The van der Waals surface area contributed by atoms with E-state index in [0.717, 1.165) is 23.9 Å². The highest BCUT2D eigenvalue weighted by molar-refractivity contribution is 8.15. The summed E-state index contributed by atoms with van der Waals surface area (Å²) in [6.45, 7) is 0. The molecule has 7 N–H and O–H groups in total. The van der Waals surface area contributed by atoms with E-state index >= 15 is 0 Å². The topological polar surface area (TPSA) is 197 Å². The van der Waals surface area contributed by atoms with Crippen LogP contribution in [0, 0.1) is 5.82 Å². The van der Waals surface area contributed by atoms with Crippen molar-refractivity contribution in [3.8, 4) is 17.4 Å². The number of halogens is 1. The molecule has 3 aromatic rings. The molecule has 186 valence electrons. The van der Waals surface area contributed by atoms with E-state index in [1.54, 1.807) is 0 Å². The van der Waals surface area contributed by atoms with Gasteiger partial charge in [0.1, 0.15) is 22.7 Å². The van der Waals surface area contributed by atoms with E-state index < -0.39 is 63.1 Å².